The van der Waals surface area contributed by atoms with Gasteiger partial charge in [-0.15, -0.1) is 0 Å². The van der Waals surface area contributed by atoms with E-state index in [1.165, 1.54) is 0 Å². The summed E-state index contributed by atoms with van der Waals surface area (Å²) < 4.78 is 0. The zero-order valence-electron chi connectivity index (χ0n) is 10.8. The maximum atomic E-state index is 4.30. The molecule has 0 fully saturated rings. The van der Waals surface area contributed by atoms with Crippen molar-refractivity contribution in [3.63, 3.8) is 0 Å². The normalized spacial score (nSPS) is 12.1. The molecule has 0 aromatic carbocycles. The number of hydrogen-bond acceptors (Lipinski definition) is 3. The van der Waals surface area contributed by atoms with Crippen molar-refractivity contribution in [2.75, 3.05) is 27.2 Å². The minimum Gasteiger partial charge on any atom is -0.315 e. The van der Waals surface area contributed by atoms with Gasteiger partial charge < -0.3 is 10.2 Å². The van der Waals surface area contributed by atoms with E-state index in [-0.39, 0.29) is 5.54 Å². The Balaban J connectivity index is 2.22. The lowest BCUT2D eigenvalue weighted by molar-refractivity contribution is 0.190. The maximum absolute atomic E-state index is 4.30. The quantitative estimate of drug-likeness (QED) is 0.739. The molecule has 90 valence electrons. The molecule has 0 aliphatic carbocycles. The first kappa shape index (κ1) is 13.1. The SMILES string of the molecule is CN(C)C(C)(C)CNCCc1ccccn1. The molecule has 0 spiro atoms. The van der Waals surface area contributed by atoms with Crippen LogP contribution in [0.1, 0.15) is 19.5 Å². The number of rotatable bonds is 6. The van der Waals surface area contributed by atoms with Gasteiger partial charge in [0.1, 0.15) is 0 Å². The van der Waals surface area contributed by atoms with Crippen LogP contribution in [0.4, 0.5) is 0 Å². The van der Waals surface area contributed by atoms with Crippen molar-refractivity contribution in [2.24, 2.45) is 0 Å². The second-order valence-corrected chi connectivity index (χ2v) is 4.95. The van der Waals surface area contributed by atoms with E-state index in [4.69, 9.17) is 0 Å². The van der Waals surface area contributed by atoms with E-state index in [9.17, 15) is 0 Å². The van der Waals surface area contributed by atoms with Crippen LogP contribution in [0.2, 0.25) is 0 Å². The fourth-order valence-electron chi connectivity index (χ4n) is 1.31. The van der Waals surface area contributed by atoms with E-state index in [0.29, 0.717) is 0 Å². The third kappa shape index (κ3) is 4.29. The summed E-state index contributed by atoms with van der Waals surface area (Å²) in [5.74, 6) is 0. The number of aromatic nitrogens is 1. The molecular weight excluding hydrogens is 198 g/mol. The van der Waals surface area contributed by atoms with Gasteiger partial charge in [-0.05, 0) is 40.1 Å². The third-order valence-corrected chi connectivity index (χ3v) is 3.05. The zero-order valence-corrected chi connectivity index (χ0v) is 10.8. The minimum atomic E-state index is 0.199. The van der Waals surface area contributed by atoms with Gasteiger partial charge in [0.2, 0.25) is 0 Å². The standard InChI is InChI=1S/C13H23N3/c1-13(2,16(3)4)11-14-10-8-12-7-5-6-9-15-12/h5-7,9,14H,8,10-11H2,1-4H3. The lowest BCUT2D eigenvalue weighted by atomic mass is 10.0. The fourth-order valence-corrected chi connectivity index (χ4v) is 1.31. The Morgan fingerprint density at radius 1 is 1.31 bits per heavy atom. The minimum absolute atomic E-state index is 0.199. The monoisotopic (exact) mass is 221 g/mol. The number of likely N-dealkylation sites (N-methyl/N-ethyl adjacent to an activating group) is 1. The number of nitrogens with zero attached hydrogens (tertiary/aromatic N) is 2. The second-order valence-electron chi connectivity index (χ2n) is 4.95. The molecule has 16 heavy (non-hydrogen) atoms. The van der Waals surface area contributed by atoms with E-state index >= 15 is 0 Å². The highest BCUT2D eigenvalue weighted by molar-refractivity contribution is 5.03. The molecule has 1 heterocycles. The Labute approximate surface area is 98.9 Å². The predicted molar refractivity (Wildman–Crippen MR) is 68.6 cm³/mol. The molecule has 0 atom stereocenters. The van der Waals surface area contributed by atoms with E-state index in [2.05, 4.69) is 49.2 Å². The highest BCUT2D eigenvalue weighted by atomic mass is 15.2. The highest BCUT2D eigenvalue weighted by Crippen LogP contribution is 2.07. The highest BCUT2D eigenvalue weighted by Gasteiger charge is 2.19. The zero-order chi connectivity index (χ0) is 12.0. The average molecular weight is 221 g/mol. The summed E-state index contributed by atoms with van der Waals surface area (Å²) in [6.07, 6.45) is 2.84. The molecule has 3 heteroatoms. The van der Waals surface area contributed by atoms with E-state index in [0.717, 1.165) is 25.2 Å². The van der Waals surface area contributed by atoms with Crippen LogP contribution in [-0.2, 0) is 6.42 Å². The van der Waals surface area contributed by atoms with Crippen LogP contribution in [-0.4, -0.2) is 42.6 Å². The van der Waals surface area contributed by atoms with E-state index in [1.807, 2.05) is 18.3 Å². The van der Waals surface area contributed by atoms with Crippen molar-refractivity contribution in [3.05, 3.63) is 30.1 Å². The molecule has 3 nitrogen and oxygen atoms in total. The summed E-state index contributed by atoms with van der Waals surface area (Å²) in [6, 6.07) is 6.05. The summed E-state index contributed by atoms with van der Waals surface area (Å²) in [5, 5.41) is 3.47. The fraction of sp³-hybridized carbons (Fsp3) is 0.615. The van der Waals surface area contributed by atoms with Crippen molar-refractivity contribution < 1.29 is 0 Å². The second kappa shape index (κ2) is 5.97. The Kier molecular flexibility index (Phi) is 4.90. The van der Waals surface area contributed by atoms with Crippen molar-refractivity contribution in [3.8, 4) is 0 Å². The Morgan fingerprint density at radius 3 is 2.62 bits per heavy atom. The summed E-state index contributed by atoms with van der Waals surface area (Å²) >= 11 is 0. The molecule has 0 amide bonds. The van der Waals surface area contributed by atoms with Gasteiger partial charge in [0.15, 0.2) is 0 Å². The molecule has 0 saturated heterocycles. The Morgan fingerprint density at radius 2 is 2.06 bits per heavy atom. The summed E-state index contributed by atoms with van der Waals surface area (Å²) in [4.78, 5) is 6.53. The van der Waals surface area contributed by atoms with Crippen LogP contribution >= 0.6 is 0 Å². The molecule has 0 aliphatic heterocycles. The summed E-state index contributed by atoms with van der Waals surface area (Å²) in [7, 11) is 4.22. The molecule has 1 N–H and O–H groups in total. The van der Waals surface area contributed by atoms with E-state index < -0.39 is 0 Å². The smallest absolute Gasteiger partial charge is 0.0416 e. The molecule has 0 aliphatic rings. The van der Waals surface area contributed by atoms with Crippen molar-refractivity contribution in [2.45, 2.75) is 25.8 Å². The van der Waals surface area contributed by atoms with Gasteiger partial charge in [-0.3, -0.25) is 4.98 Å². The van der Waals surface area contributed by atoms with Crippen LogP contribution in [0.3, 0.4) is 0 Å². The summed E-state index contributed by atoms with van der Waals surface area (Å²) in [5.41, 5.74) is 1.35. The van der Waals surface area contributed by atoms with Gasteiger partial charge in [0, 0.05) is 36.9 Å². The first-order chi connectivity index (χ1) is 7.52. The van der Waals surface area contributed by atoms with Crippen LogP contribution in [0.15, 0.2) is 24.4 Å². The van der Waals surface area contributed by atoms with E-state index in [1.54, 1.807) is 0 Å². The Hall–Kier alpha value is -0.930. The molecule has 1 aromatic heterocycles. The van der Waals surface area contributed by atoms with Gasteiger partial charge >= 0.3 is 0 Å². The first-order valence-electron chi connectivity index (χ1n) is 5.80. The lowest BCUT2D eigenvalue weighted by Gasteiger charge is -2.32. The molecular formula is C13H23N3. The average Bonchev–Trinajstić information content (AvgIpc) is 2.26. The largest absolute Gasteiger partial charge is 0.315 e. The van der Waals surface area contributed by atoms with Gasteiger partial charge in [-0.1, -0.05) is 6.07 Å². The van der Waals surface area contributed by atoms with Gasteiger partial charge in [-0.25, -0.2) is 0 Å². The van der Waals surface area contributed by atoms with Gasteiger partial charge in [-0.2, -0.15) is 0 Å². The third-order valence-electron chi connectivity index (χ3n) is 3.05. The molecule has 0 saturated carbocycles. The van der Waals surface area contributed by atoms with Gasteiger partial charge in [0.25, 0.3) is 0 Å². The number of hydrogen-bond donors (Lipinski definition) is 1. The Bertz CT molecular complexity index is 293. The summed E-state index contributed by atoms with van der Waals surface area (Å²) in [6.45, 7) is 6.45. The van der Waals surface area contributed by atoms with Crippen molar-refractivity contribution in [1.82, 2.24) is 15.2 Å². The molecule has 1 aromatic rings. The van der Waals surface area contributed by atoms with Crippen LogP contribution in [0.5, 0.6) is 0 Å². The first-order valence-corrected chi connectivity index (χ1v) is 5.80. The lowest BCUT2D eigenvalue weighted by Crippen LogP contribution is -2.47. The van der Waals surface area contributed by atoms with Crippen molar-refractivity contribution in [1.29, 1.82) is 0 Å². The van der Waals surface area contributed by atoms with Gasteiger partial charge in [0.05, 0.1) is 0 Å². The molecule has 0 radical (unpaired) electrons. The predicted octanol–water partition coefficient (Wildman–Crippen LogP) is 1.55. The van der Waals surface area contributed by atoms with Crippen LogP contribution in [0, 0.1) is 0 Å². The molecule has 0 bridgehead atoms. The van der Waals surface area contributed by atoms with Crippen molar-refractivity contribution >= 4 is 0 Å². The number of pyridine rings is 1. The maximum Gasteiger partial charge on any atom is 0.0416 e. The topological polar surface area (TPSA) is 28.2 Å². The van der Waals surface area contributed by atoms with Crippen LogP contribution in [0.25, 0.3) is 0 Å². The van der Waals surface area contributed by atoms with Crippen LogP contribution < -0.4 is 5.32 Å². The molecule has 1 rings (SSSR count). The number of nitrogens with one attached hydrogen (secondary N) is 1. The molecule has 0 unspecified atom stereocenters.